The van der Waals surface area contributed by atoms with E-state index in [4.69, 9.17) is 11.6 Å². The predicted molar refractivity (Wildman–Crippen MR) is 104 cm³/mol. The van der Waals surface area contributed by atoms with Crippen molar-refractivity contribution in [2.45, 2.75) is 4.90 Å². The summed E-state index contributed by atoms with van der Waals surface area (Å²) in [4.78, 5) is 8.32. The molecule has 0 fully saturated rings. The second-order valence-electron chi connectivity index (χ2n) is 5.28. The van der Waals surface area contributed by atoms with E-state index in [-0.39, 0.29) is 10.0 Å². The molecule has 2 aromatic carbocycles. The van der Waals surface area contributed by atoms with Crippen LogP contribution in [-0.2, 0) is 10.0 Å². The Labute approximate surface area is 156 Å². The Hall–Kier alpha value is -2.83. The fraction of sp³-hybridized carbons (Fsp3) is 0. The van der Waals surface area contributed by atoms with Crippen LogP contribution in [0.15, 0.2) is 87.2 Å². The largest absolute Gasteiger partial charge is 0.284 e. The van der Waals surface area contributed by atoms with E-state index in [2.05, 4.69) is 21.1 Å². The number of halogens is 1. The molecule has 0 amide bonds. The number of aliphatic imine (C=N–C) groups is 1. The minimum absolute atomic E-state index is 0.169. The third kappa shape index (κ3) is 3.87. The highest BCUT2D eigenvalue weighted by molar-refractivity contribution is 7.90. The van der Waals surface area contributed by atoms with Gasteiger partial charge >= 0.3 is 0 Å². The van der Waals surface area contributed by atoms with E-state index in [0.29, 0.717) is 11.4 Å². The summed E-state index contributed by atoms with van der Waals surface area (Å²) in [6.45, 7) is 3.08. The first-order valence-electron chi connectivity index (χ1n) is 7.59. The number of hydrogen-bond donors (Lipinski definition) is 0. The van der Waals surface area contributed by atoms with Crippen LogP contribution in [0.25, 0.3) is 0 Å². The van der Waals surface area contributed by atoms with Gasteiger partial charge in [-0.3, -0.25) is 0 Å². The predicted octanol–water partition coefficient (Wildman–Crippen LogP) is 4.29. The SMILES string of the molecule is C=NS(=O)(=O)c1cc(N=C(c2ccccc2)c2ccccc2)cnc1Cl. The first-order chi connectivity index (χ1) is 12.5. The Morgan fingerprint density at radius 2 is 1.50 bits per heavy atom. The van der Waals surface area contributed by atoms with E-state index in [1.807, 2.05) is 60.7 Å². The molecule has 0 spiro atoms. The first-order valence-corrected chi connectivity index (χ1v) is 9.41. The molecule has 5 nitrogen and oxygen atoms in total. The summed E-state index contributed by atoms with van der Waals surface area (Å²) in [6, 6.07) is 20.5. The van der Waals surface area contributed by atoms with Gasteiger partial charge in [-0.2, -0.15) is 12.8 Å². The summed E-state index contributed by atoms with van der Waals surface area (Å²) in [5, 5.41) is -0.169. The Kier molecular flexibility index (Phi) is 5.25. The van der Waals surface area contributed by atoms with Gasteiger partial charge in [0.05, 0.1) is 17.6 Å². The second kappa shape index (κ2) is 7.59. The lowest BCUT2D eigenvalue weighted by molar-refractivity contribution is 0.598. The summed E-state index contributed by atoms with van der Waals surface area (Å²) < 4.78 is 27.1. The maximum Gasteiger partial charge on any atom is 0.284 e. The van der Waals surface area contributed by atoms with Crippen LogP contribution in [0.5, 0.6) is 0 Å². The lowest BCUT2D eigenvalue weighted by Gasteiger charge is -2.08. The third-order valence-corrected chi connectivity index (χ3v) is 5.20. The molecule has 0 aliphatic rings. The smallest absolute Gasteiger partial charge is 0.246 e. The number of benzene rings is 2. The number of rotatable bonds is 5. The zero-order valence-corrected chi connectivity index (χ0v) is 15.2. The highest BCUT2D eigenvalue weighted by Gasteiger charge is 2.18. The molecule has 3 aromatic rings. The van der Waals surface area contributed by atoms with Crippen LogP contribution in [0.3, 0.4) is 0 Å². The third-order valence-electron chi connectivity index (χ3n) is 3.58. The number of aromatic nitrogens is 1. The lowest BCUT2D eigenvalue weighted by Crippen LogP contribution is -2.03. The van der Waals surface area contributed by atoms with Crippen LogP contribution < -0.4 is 0 Å². The standard InChI is InChI=1S/C19H14ClN3O2S/c1-21-26(24,25)17-12-16(13-22-19(17)20)23-18(14-8-4-2-5-9-14)15-10-6-3-7-11-15/h2-13H,1H2. The van der Waals surface area contributed by atoms with Crippen LogP contribution in [0.2, 0.25) is 5.15 Å². The highest BCUT2D eigenvalue weighted by Crippen LogP contribution is 2.26. The molecular formula is C19H14ClN3O2S. The molecule has 0 saturated heterocycles. The molecule has 3 rings (SSSR count). The van der Waals surface area contributed by atoms with Gasteiger partial charge in [-0.1, -0.05) is 72.3 Å². The average Bonchev–Trinajstić information content (AvgIpc) is 2.68. The summed E-state index contributed by atoms with van der Waals surface area (Å²) in [5.74, 6) is 0. The second-order valence-corrected chi connectivity index (χ2v) is 7.29. The molecule has 1 aromatic heterocycles. The van der Waals surface area contributed by atoms with Crippen LogP contribution in [0, 0.1) is 0 Å². The van der Waals surface area contributed by atoms with Crippen LogP contribution in [0.4, 0.5) is 5.69 Å². The fourth-order valence-corrected chi connectivity index (χ4v) is 3.42. The molecule has 0 radical (unpaired) electrons. The molecule has 130 valence electrons. The molecular weight excluding hydrogens is 370 g/mol. The van der Waals surface area contributed by atoms with E-state index < -0.39 is 10.0 Å². The zero-order valence-electron chi connectivity index (χ0n) is 13.6. The summed E-state index contributed by atoms with van der Waals surface area (Å²) in [7, 11) is -3.97. The van der Waals surface area contributed by atoms with Crippen LogP contribution in [-0.4, -0.2) is 25.8 Å². The Morgan fingerprint density at radius 3 is 2.00 bits per heavy atom. The van der Waals surface area contributed by atoms with E-state index in [1.54, 1.807) is 0 Å². The van der Waals surface area contributed by atoms with Gasteiger partial charge in [0, 0.05) is 17.8 Å². The normalized spacial score (nSPS) is 11.0. The number of nitrogens with zero attached hydrogens (tertiary/aromatic N) is 3. The van der Waals surface area contributed by atoms with Crippen molar-refractivity contribution in [3.05, 3.63) is 89.2 Å². The van der Waals surface area contributed by atoms with Gasteiger partial charge in [-0.15, -0.1) is 0 Å². The summed E-state index contributed by atoms with van der Waals surface area (Å²) in [5.41, 5.74) is 2.81. The first kappa shape index (κ1) is 18.0. The Bertz CT molecular complexity index is 1020. The molecule has 0 unspecified atom stereocenters. The van der Waals surface area contributed by atoms with Crippen molar-refractivity contribution < 1.29 is 8.42 Å². The van der Waals surface area contributed by atoms with Gasteiger partial charge < -0.3 is 0 Å². The van der Waals surface area contributed by atoms with E-state index >= 15 is 0 Å². The van der Waals surface area contributed by atoms with Gasteiger partial charge in [-0.25, -0.2) is 9.98 Å². The van der Waals surface area contributed by atoms with E-state index in [0.717, 1.165) is 11.1 Å². The van der Waals surface area contributed by atoms with Crippen molar-refractivity contribution in [1.29, 1.82) is 0 Å². The van der Waals surface area contributed by atoms with Crippen molar-refractivity contribution in [3.8, 4) is 0 Å². The van der Waals surface area contributed by atoms with Crippen molar-refractivity contribution in [1.82, 2.24) is 4.98 Å². The Morgan fingerprint density at radius 1 is 0.962 bits per heavy atom. The zero-order chi connectivity index (χ0) is 18.6. The van der Waals surface area contributed by atoms with Crippen molar-refractivity contribution >= 4 is 39.7 Å². The molecule has 26 heavy (non-hydrogen) atoms. The fourth-order valence-electron chi connectivity index (χ4n) is 2.35. The van der Waals surface area contributed by atoms with Gasteiger partial charge in [0.25, 0.3) is 10.0 Å². The molecule has 1 heterocycles. The number of pyridine rings is 1. The molecule has 0 N–H and O–H groups in total. The highest BCUT2D eigenvalue weighted by atomic mass is 35.5. The van der Waals surface area contributed by atoms with Gasteiger partial charge in [0.1, 0.15) is 10.0 Å². The van der Waals surface area contributed by atoms with Crippen LogP contribution in [0.1, 0.15) is 11.1 Å². The summed E-state index contributed by atoms with van der Waals surface area (Å²) >= 11 is 5.90. The quantitative estimate of drug-likeness (QED) is 0.487. The van der Waals surface area contributed by atoms with Crippen molar-refractivity contribution in [2.75, 3.05) is 0 Å². The average molecular weight is 384 g/mol. The lowest BCUT2D eigenvalue weighted by atomic mass is 10.0. The van der Waals surface area contributed by atoms with E-state index in [1.165, 1.54) is 12.3 Å². The number of sulfonamides is 1. The van der Waals surface area contributed by atoms with Crippen molar-refractivity contribution in [2.24, 2.45) is 9.39 Å². The minimum atomic E-state index is -3.97. The minimum Gasteiger partial charge on any atom is -0.246 e. The van der Waals surface area contributed by atoms with Gasteiger partial charge in [0.15, 0.2) is 0 Å². The topological polar surface area (TPSA) is 71.8 Å². The molecule has 7 heteroatoms. The van der Waals surface area contributed by atoms with Crippen molar-refractivity contribution in [3.63, 3.8) is 0 Å². The molecule has 0 saturated carbocycles. The van der Waals surface area contributed by atoms with Crippen LogP contribution >= 0.6 is 11.6 Å². The Balaban J connectivity index is 2.18. The summed E-state index contributed by atoms with van der Waals surface area (Å²) in [6.07, 6.45) is 1.41. The molecule has 0 aliphatic carbocycles. The monoisotopic (exact) mass is 383 g/mol. The maximum absolute atomic E-state index is 12.0. The van der Waals surface area contributed by atoms with Gasteiger partial charge in [0.2, 0.25) is 0 Å². The molecule has 0 bridgehead atoms. The maximum atomic E-state index is 12.0. The number of hydrogen-bond acceptors (Lipinski definition) is 4. The van der Waals surface area contributed by atoms with Gasteiger partial charge in [-0.05, 0) is 6.07 Å². The molecule has 0 atom stereocenters. The van der Waals surface area contributed by atoms with E-state index in [9.17, 15) is 8.42 Å². The molecule has 0 aliphatic heterocycles.